The van der Waals surface area contributed by atoms with Gasteiger partial charge < -0.3 is 10.2 Å². The first-order valence-electron chi connectivity index (χ1n) is 8.40. The molecule has 1 aromatic heterocycles. The second kappa shape index (κ2) is 7.27. The Hall–Kier alpha value is -1.36. The SMILES string of the molecule is CNC1CCN(C(=O)Cc2c(C)nn(CC(C)C)c2C)CC1. The molecule has 0 bridgehead atoms. The molecule has 22 heavy (non-hydrogen) atoms. The molecule has 5 nitrogen and oxygen atoms in total. The Morgan fingerprint density at radius 3 is 2.50 bits per heavy atom. The summed E-state index contributed by atoms with van der Waals surface area (Å²) in [5.41, 5.74) is 3.25. The van der Waals surface area contributed by atoms with Crippen LogP contribution < -0.4 is 5.32 Å². The molecule has 0 aromatic carbocycles. The van der Waals surface area contributed by atoms with Crippen LogP contribution in [0.1, 0.15) is 43.6 Å². The van der Waals surface area contributed by atoms with Crippen molar-refractivity contribution in [3.05, 3.63) is 17.0 Å². The molecule has 1 aliphatic rings. The number of amides is 1. The van der Waals surface area contributed by atoms with Gasteiger partial charge in [-0.25, -0.2) is 0 Å². The Kier molecular flexibility index (Phi) is 5.62. The molecule has 1 N–H and O–H groups in total. The topological polar surface area (TPSA) is 50.2 Å². The maximum absolute atomic E-state index is 12.6. The summed E-state index contributed by atoms with van der Waals surface area (Å²) in [7, 11) is 2.00. The predicted molar refractivity (Wildman–Crippen MR) is 88.9 cm³/mol. The summed E-state index contributed by atoms with van der Waals surface area (Å²) in [6, 6.07) is 0.557. The third-order valence-corrected chi connectivity index (χ3v) is 4.65. The minimum Gasteiger partial charge on any atom is -0.342 e. The number of hydrogen-bond acceptors (Lipinski definition) is 3. The number of piperidine rings is 1. The fourth-order valence-electron chi connectivity index (χ4n) is 3.19. The second-order valence-electron chi connectivity index (χ2n) is 6.85. The van der Waals surface area contributed by atoms with Crippen molar-refractivity contribution in [1.82, 2.24) is 20.0 Å². The number of hydrogen-bond donors (Lipinski definition) is 1. The summed E-state index contributed by atoms with van der Waals surface area (Å²) in [4.78, 5) is 14.6. The largest absolute Gasteiger partial charge is 0.342 e. The Labute approximate surface area is 134 Å². The molecule has 1 aromatic rings. The van der Waals surface area contributed by atoms with Crippen LogP contribution in [-0.4, -0.2) is 46.8 Å². The first kappa shape index (κ1) is 17.0. The lowest BCUT2D eigenvalue weighted by Gasteiger charge is -2.32. The van der Waals surface area contributed by atoms with E-state index in [0.717, 1.165) is 49.4 Å². The van der Waals surface area contributed by atoms with E-state index >= 15 is 0 Å². The molecule has 1 saturated heterocycles. The van der Waals surface area contributed by atoms with Gasteiger partial charge in [-0.15, -0.1) is 0 Å². The van der Waals surface area contributed by atoms with E-state index in [1.54, 1.807) is 0 Å². The van der Waals surface area contributed by atoms with E-state index in [9.17, 15) is 4.79 Å². The van der Waals surface area contributed by atoms with Crippen molar-refractivity contribution in [2.45, 2.75) is 59.5 Å². The molecule has 5 heteroatoms. The van der Waals surface area contributed by atoms with Crippen LogP contribution in [0.25, 0.3) is 0 Å². The van der Waals surface area contributed by atoms with Gasteiger partial charge in [0.25, 0.3) is 0 Å². The first-order valence-corrected chi connectivity index (χ1v) is 8.40. The lowest BCUT2D eigenvalue weighted by molar-refractivity contribution is -0.131. The Bertz CT molecular complexity index is 513. The predicted octanol–water partition coefficient (Wildman–Crippen LogP) is 1.91. The normalized spacial score (nSPS) is 16.5. The highest BCUT2D eigenvalue weighted by Crippen LogP contribution is 2.18. The molecule has 2 heterocycles. The molecule has 0 radical (unpaired) electrons. The average Bonchev–Trinajstić information content (AvgIpc) is 2.74. The number of rotatable bonds is 5. The zero-order valence-corrected chi connectivity index (χ0v) is 14.6. The molecule has 1 fully saturated rings. The van der Waals surface area contributed by atoms with Gasteiger partial charge in [0.15, 0.2) is 0 Å². The summed E-state index contributed by atoms with van der Waals surface area (Å²) in [5.74, 6) is 0.798. The third-order valence-electron chi connectivity index (χ3n) is 4.65. The quantitative estimate of drug-likeness (QED) is 0.904. The molecular weight excluding hydrogens is 276 g/mol. The maximum atomic E-state index is 12.6. The summed E-state index contributed by atoms with van der Waals surface area (Å²) < 4.78 is 2.05. The van der Waals surface area contributed by atoms with Crippen LogP contribution in [0.3, 0.4) is 0 Å². The number of carbonyl (C=O) groups is 1. The van der Waals surface area contributed by atoms with E-state index in [4.69, 9.17) is 0 Å². The fraction of sp³-hybridized carbons (Fsp3) is 0.765. The number of nitrogens with zero attached hydrogens (tertiary/aromatic N) is 3. The summed E-state index contributed by atoms with van der Waals surface area (Å²) in [6.45, 7) is 11.1. The molecular formula is C17H30N4O. The van der Waals surface area contributed by atoms with Crippen molar-refractivity contribution in [3.63, 3.8) is 0 Å². The van der Waals surface area contributed by atoms with Gasteiger partial charge in [0.2, 0.25) is 5.91 Å². The van der Waals surface area contributed by atoms with Crippen LogP contribution in [0.2, 0.25) is 0 Å². The van der Waals surface area contributed by atoms with Crippen molar-refractivity contribution >= 4 is 5.91 Å². The van der Waals surface area contributed by atoms with Gasteiger partial charge >= 0.3 is 0 Å². The van der Waals surface area contributed by atoms with Crippen LogP contribution in [0, 0.1) is 19.8 Å². The van der Waals surface area contributed by atoms with E-state index in [1.165, 1.54) is 0 Å². The van der Waals surface area contributed by atoms with E-state index in [1.807, 2.05) is 18.9 Å². The lowest BCUT2D eigenvalue weighted by Crippen LogP contribution is -2.44. The fourth-order valence-corrected chi connectivity index (χ4v) is 3.19. The molecule has 124 valence electrons. The second-order valence-corrected chi connectivity index (χ2v) is 6.85. The Morgan fingerprint density at radius 2 is 1.95 bits per heavy atom. The summed E-state index contributed by atoms with van der Waals surface area (Å²) in [5, 5.41) is 7.91. The van der Waals surface area contributed by atoms with E-state index in [0.29, 0.717) is 18.4 Å². The van der Waals surface area contributed by atoms with E-state index in [-0.39, 0.29) is 5.91 Å². The minimum absolute atomic E-state index is 0.241. The number of nitrogens with one attached hydrogen (secondary N) is 1. The van der Waals surface area contributed by atoms with Gasteiger partial charge in [-0.1, -0.05) is 13.8 Å². The van der Waals surface area contributed by atoms with Gasteiger partial charge in [-0.2, -0.15) is 5.10 Å². The van der Waals surface area contributed by atoms with Crippen LogP contribution in [0.15, 0.2) is 0 Å². The van der Waals surface area contributed by atoms with Crippen LogP contribution in [-0.2, 0) is 17.8 Å². The van der Waals surface area contributed by atoms with Gasteiger partial charge in [0.05, 0.1) is 12.1 Å². The lowest BCUT2D eigenvalue weighted by atomic mass is 10.0. The zero-order valence-electron chi connectivity index (χ0n) is 14.6. The minimum atomic E-state index is 0.241. The molecule has 1 amide bonds. The highest BCUT2D eigenvalue weighted by atomic mass is 16.2. The van der Waals surface area contributed by atoms with Crippen molar-refractivity contribution in [2.75, 3.05) is 20.1 Å². The molecule has 0 atom stereocenters. The summed E-state index contributed by atoms with van der Waals surface area (Å²) >= 11 is 0. The van der Waals surface area contributed by atoms with E-state index < -0.39 is 0 Å². The third kappa shape index (κ3) is 3.88. The average molecular weight is 306 g/mol. The van der Waals surface area contributed by atoms with Crippen LogP contribution in [0.4, 0.5) is 0 Å². The van der Waals surface area contributed by atoms with Crippen molar-refractivity contribution in [1.29, 1.82) is 0 Å². The summed E-state index contributed by atoms with van der Waals surface area (Å²) in [6.07, 6.45) is 2.58. The maximum Gasteiger partial charge on any atom is 0.227 e. The number of aryl methyl sites for hydroxylation is 1. The monoisotopic (exact) mass is 306 g/mol. The highest BCUT2D eigenvalue weighted by Gasteiger charge is 2.23. The molecule has 0 aliphatic carbocycles. The standard InChI is InChI=1S/C17H30N4O/c1-12(2)11-21-14(4)16(13(3)19-21)10-17(22)20-8-6-15(18-5)7-9-20/h12,15,18H,6-11H2,1-5H3. The molecule has 0 saturated carbocycles. The highest BCUT2D eigenvalue weighted by molar-refractivity contribution is 5.79. The van der Waals surface area contributed by atoms with Gasteiger partial charge in [-0.3, -0.25) is 9.48 Å². The zero-order chi connectivity index (χ0) is 16.3. The first-order chi connectivity index (χ1) is 10.4. The van der Waals surface area contributed by atoms with Crippen molar-refractivity contribution in [3.8, 4) is 0 Å². The van der Waals surface area contributed by atoms with Gasteiger partial charge in [-0.05, 0) is 39.7 Å². The van der Waals surface area contributed by atoms with Gasteiger partial charge in [0, 0.05) is 36.9 Å². The number of aromatic nitrogens is 2. The molecule has 1 aliphatic heterocycles. The van der Waals surface area contributed by atoms with Crippen molar-refractivity contribution < 1.29 is 4.79 Å². The van der Waals surface area contributed by atoms with Gasteiger partial charge in [0.1, 0.15) is 0 Å². The molecule has 0 unspecified atom stereocenters. The smallest absolute Gasteiger partial charge is 0.227 e. The number of carbonyl (C=O) groups excluding carboxylic acids is 1. The van der Waals surface area contributed by atoms with E-state index in [2.05, 4.69) is 35.9 Å². The number of likely N-dealkylation sites (tertiary alicyclic amines) is 1. The van der Waals surface area contributed by atoms with Crippen molar-refractivity contribution in [2.24, 2.45) is 5.92 Å². The molecule has 0 spiro atoms. The van der Waals surface area contributed by atoms with Crippen LogP contribution in [0.5, 0.6) is 0 Å². The Balaban J connectivity index is 2.01. The Morgan fingerprint density at radius 1 is 1.32 bits per heavy atom. The molecule has 2 rings (SSSR count). The van der Waals surface area contributed by atoms with Crippen LogP contribution >= 0.6 is 0 Å².